The lowest BCUT2D eigenvalue weighted by Gasteiger charge is -2.03. The fraction of sp³-hybridized carbons (Fsp3) is 0.176. The molecule has 4 aromatic rings. The van der Waals surface area contributed by atoms with E-state index in [9.17, 15) is 4.79 Å². The van der Waals surface area contributed by atoms with Crippen LogP contribution in [0.2, 0.25) is 0 Å². The molecule has 3 aromatic heterocycles. The highest BCUT2D eigenvalue weighted by molar-refractivity contribution is 7.33. The molecule has 0 aliphatic carbocycles. The van der Waals surface area contributed by atoms with E-state index >= 15 is 0 Å². The number of carbonyl (C=O) groups is 1. The molecule has 0 atom stereocenters. The van der Waals surface area contributed by atoms with Gasteiger partial charge in [0.25, 0.3) is 5.91 Å². The van der Waals surface area contributed by atoms with Crippen molar-refractivity contribution in [2.24, 2.45) is 0 Å². The Balaban J connectivity index is 1.42. The van der Waals surface area contributed by atoms with Crippen LogP contribution in [0.5, 0.6) is 0 Å². The first-order chi connectivity index (χ1) is 11.3. The summed E-state index contributed by atoms with van der Waals surface area (Å²) in [5.41, 5.74) is 0. The zero-order chi connectivity index (χ0) is 15.6. The van der Waals surface area contributed by atoms with Gasteiger partial charge >= 0.3 is 0 Å². The molecule has 1 amide bonds. The Labute approximate surface area is 141 Å². The smallest absolute Gasteiger partial charge is 0.261 e. The molecule has 23 heavy (non-hydrogen) atoms. The largest absolute Gasteiger partial charge is 0.351 e. The zero-order valence-corrected chi connectivity index (χ0v) is 14.0. The first-order valence-corrected chi connectivity index (χ1v) is 9.11. The molecule has 0 saturated heterocycles. The van der Waals surface area contributed by atoms with Crippen LogP contribution < -0.4 is 5.32 Å². The second kappa shape index (κ2) is 6.14. The van der Waals surface area contributed by atoms with E-state index in [0.717, 1.165) is 17.8 Å². The Kier molecular flexibility index (Phi) is 3.85. The lowest BCUT2D eigenvalue weighted by molar-refractivity contribution is 0.0956. The minimum atomic E-state index is 0.0166. The predicted molar refractivity (Wildman–Crippen MR) is 96.4 cm³/mol. The molecule has 0 aliphatic rings. The van der Waals surface area contributed by atoms with Crippen molar-refractivity contribution in [2.45, 2.75) is 13.0 Å². The van der Waals surface area contributed by atoms with Crippen LogP contribution in [0.3, 0.4) is 0 Å². The second-order valence-corrected chi connectivity index (χ2v) is 7.42. The van der Waals surface area contributed by atoms with Gasteiger partial charge in [0.15, 0.2) is 0 Å². The zero-order valence-electron chi connectivity index (χ0n) is 12.4. The molecule has 1 N–H and O–H groups in total. The first kappa shape index (κ1) is 14.4. The number of rotatable bonds is 5. The fourth-order valence-corrected chi connectivity index (χ4v) is 5.02. The third-order valence-electron chi connectivity index (χ3n) is 3.68. The number of thiophene rings is 2. The maximum atomic E-state index is 12.3. The Bertz CT molecular complexity index is 953. The van der Waals surface area contributed by atoms with Gasteiger partial charge in [0.05, 0.1) is 9.58 Å². The van der Waals surface area contributed by atoms with Gasteiger partial charge in [-0.1, -0.05) is 18.2 Å². The fourth-order valence-electron chi connectivity index (χ4n) is 2.57. The molecule has 1 aromatic carbocycles. The number of nitrogens with one attached hydrogen (secondary N) is 1. The summed E-state index contributed by atoms with van der Waals surface area (Å²) < 4.78 is 5.56. The van der Waals surface area contributed by atoms with Gasteiger partial charge in [-0.05, 0) is 24.6 Å². The highest BCUT2D eigenvalue weighted by Crippen LogP contribution is 2.39. The summed E-state index contributed by atoms with van der Waals surface area (Å²) in [6.07, 6.45) is 4.57. The molecule has 0 unspecified atom stereocenters. The van der Waals surface area contributed by atoms with E-state index in [-0.39, 0.29) is 5.91 Å². The van der Waals surface area contributed by atoms with Gasteiger partial charge in [0, 0.05) is 40.3 Å². The minimum absolute atomic E-state index is 0.0166. The number of nitrogens with zero attached hydrogens (tertiary/aromatic N) is 2. The molecular weight excluding hydrogens is 326 g/mol. The summed E-state index contributed by atoms with van der Waals surface area (Å²) in [4.78, 5) is 13.1. The van der Waals surface area contributed by atoms with E-state index < -0.39 is 0 Å². The number of carbonyl (C=O) groups excluding carboxylic acids is 1. The van der Waals surface area contributed by atoms with Gasteiger partial charge in [-0.15, -0.1) is 22.7 Å². The van der Waals surface area contributed by atoms with Crippen molar-refractivity contribution in [3.8, 4) is 0 Å². The van der Waals surface area contributed by atoms with Gasteiger partial charge in [-0.2, -0.15) is 5.10 Å². The SMILES string of the molecule is O=C(NCCCn1cccn1)c1cc2sc3ccccc3c2s1. The summed E-state index contributed by atoms with van der Waals surface area (Å²) in [6, 6.07) is 12.3. The van der Waals surface area contributed by atoms with Crippen molar-refractivity contribution in [1.82, 2.24) is 15.1 Å². The second-order valence-electron chi connectivity index (χ2n) is 5.28. The van der Waals surface area contributed by atoms with Crippen LogP contribution >= 0.6 is 22.7 Å². The number of hydrogen-bond acceptors (Lipinski definition) is 4. The van der Waals surface area contributed by atoms with Crippen molar-refractivity contribution >= 4 is 48.1 Å². The summed E-state index contributed by atoms with van der Waals surface area (Å²) in [7, 11) is 0. The molecule has 0 aliphatic heterocycles. The molecule has 0 fully saturated rings. The maximum Gasteiger partial charge on any atom is 0.261 e. The Morgan fingerprint density at radius 3 is 2.96 bits per heavy atom. The van der Waals surface area contributed by atoms with Gasteiger partial charge < -0.3 is 5.32 Å². The van der Waals surface area contributed by atoms with Crippen LogP contribution in [-0.4, -0.2) is 22.2 Å². The number of fused-ring (bicyclic) bond motifs is 3. The number of aromatic nitrogens is 2. The van der Waals surface area contributed by atoms with Crippen LogP contribution in [0.4, 0.5) is 0 Å². The van der Waals surface area contributed by atoms with Gasteiger partial charge in [0.2, 0.25) is 0 Å². The third kappa shape index (κ3) is 2.87. The summed E-state index contributed by atoms with van der Waals surface area (Å²) in [6.45, 7) is 1.47. The van der Waals surface area contributed by atoms with Crippen LogP contribution in [0.15, 0.2) is 48.8 Å². The topological polar surface area (TPSA) is 46.9 Å². The Hall–Kier alpha value is -2.18. The lowest BCUT2D eigenvalue weighted by Crippen LogP contribution is -2.24. The molecule has 4 rings (SSSR count). The highest BCUT2D eigenvalue weighted by atomic mass is 32.1. The molecular formula is C17H15N3OS2. The molecule has 4 nitrogen and oxygen atoms in total. The maximum absolute atomic E-state index is 12.3. The third-order valence-corrected chi connectivity index (χ3v) is 6.10. The first-order valence-electron chi connectivity index (χ1n) is 7.48. The van der Waals surface area contributed by atoms with Crippen molar-refractivity contribution in [3.63, 3.8) is 0 Å². The monoisotopic (exact) mass is 341 g/mol. The van der Waals surface area contributed by atoms with Crippen LogP contribution in [0.1, 0.15) is 16.1 Å². The minimum Gasteiger partial charge on any atom is -0.351 e. The van der Waals surface area contributed by atoms with E-state index in [0.29, 0.717) is 6.54 Å². The summed E-state index contributed by atoms with van der Waals surface area (Å²) >= 11 is 3.32. The predicted octanol–water partition coefficient (Wildman–Crippen LogP) is 4.13. The van der Waals surface area contributed by atoms with Crippen molar-refractivity contribution in [2.75, 3.05) is 6.54 Å². The molecule has 0 bridgehead atoms. The molecule has 0 saturated carbocycles. The molecule has 116 valence electrons. The van der Waals surface area contributed by atoms with Crippen molar-refractivity contribution < 1.29 is 4.79 Å². The highest BCUT2D eigenvalue weighted by Gasteiger charge is 2.13. The van der Waals surface area contributed by atoms with Crippen molar-refractivity contribution in [1.29, 1.82) is 0 Å². The number of hydrogen-bond donors (Lipinski definition) is 1. The molecule has 6 heteroatoms. The average molecular weight is 341 g/mol. The standard InChI is InChI=1S/C17H15N3OS2/c21-17(18-7-3-9-20-10-4-8-19-20)15-11-14-16(23-15)12-5-1-2-6-13(12)22-14/h1-2,4-6,8,10-11H,3,7,9H2,(H,18,21). The van der Waals surface area contributed by atoms with Gasteiger partial charge in [-0.25, -0.2) is 0 Å². The Morgan fingerprint density at radius 1 is 1.17 bits per heavy atom. The van der Waals surface area contributed by atoms with Crippen LogP contribution in [0, 0.1) is 0 Å². The van der Waals surface area contributed by atoms with Gasteiger partial charge in [-0.3, -0.25) is 9.48 Å². The van der Waals surface area contributed by atoms with Crippen LogP contribution in [-0.2, 0) is 6.54 Å². The quantitative estimate of drug-likeness (QED) is 0.555. The van der Waals surface area contributed by atoms with E-state index in [1.807, 2.05) is 29.1 Å². The molecule has 3 heterocycles. The summed E-state index contributed by atoms with van der Waals surface area (Å²) in [5, 5.41) is 8.39. The normalized spacial score (nSPS) is 11.3. The number of amides is 1. The van der Waals surface area contributed by atoms with E-state index in [2.05, 4.69) is 28.6 Å². The average Bonchev–Trinajstić information content (AvgIpc) is 3.26. The van der Waals surface area contributed by atoms with Crippen molar-refractivity contribution in [3.05, 3.63) is 53.7 Å². The number of aryl methyl sites for hydroxylation is 1. The van der Waals surface area contributed by atoms with E-state index in [1.165, 1.54) is 19.5 Å². The summed E-state index contributed by atoms with van der Waals surface area (Å²) in [5.74, 6) is 0.0166. The molecule has 0 radical (unpaired) electrons. The molecule has 0 spiro atoms. The van der Waals surface area contributed by atoms with Crippen LogP contribution in [0.25, 0.3) is 19.5 Å². The number of benzene rings is 1. The Morgan fingerprint density at radius 2 is 2.09 bits per heavy atom. The van der Waals surface area contributed by atoms with Gasteiger partial charge in [0.1, 0.15) is 0 Å². The van der Waals surface area contributed by atoms with E-state index in [4.69, 9.17) is 0 Å². The lowest BCUT2D eigenvalue weighted by atomic mass is 10.2. The van der Waals surface area contributed by atoms with E-state index in [1.54, 1.807) is 28.9 Å².